The minimum Gasteiger partial charge on any atom is -0.494 e. The summed E-state index contributed by atoms with van der Waals surface area (Å²) < 4.78 is 34.7. The molecule has 1 aromatic rings. The number of rotatable bonds is 9. The first-order chi connectivity index (χ1) is 9.89. The lowest BCUT2D eigenvalue weighted by molar-refractivity contribution is 0.199. The Labute approximate surface area is 127 Å². The molecule has 1 rings (SSSR count). The maximum atomic E-state index is 12.2. The predicted octanol–water partition coefficient (Wildman–Crippen LogP) is 2.06. The first-order valence-electron chi connectivity index (χ1n) is 7.10. The van der Waals surface area contributed by atoms with Crippen LogP contribution in [0.4, 0.5) is 0 Å². The molecule has 0 aliphatic carbocycles. The second kappa shape index (κ2) is 8.36. The average Bonchev–Trinajstić information content (AvgIpc) is 2.40. The highest BCUT2D eigenvalue weighted by Crippen LogP contribution is 2.25. The molecule has 1 atom stereocenters. The van der Waals surface area contributed by atoms with E-state index in [1.54, 1.807) is 13.2 Å². The highest BCUT2D eigenvalue weighted by molar-refractivity contribution is 7.90. The molecule has 0 bridgehead atoms. The Kier molecular flexibility index (Phi) is 7.14. The van der Waals surface area contributed by atoms with Crippen molar-refractivity contribution in [1.82, 2.24) is 0 Å². The van der Waals surface area contributed by atoms with Gasteiger partial charge in [-0.3, -0.25) is 0 Å². The minimum atomic E-state index is -3.19. The molecule has 0 aromatic heterocycles. The first kappa shape index (κ1) is 17.9. The maximum Gasteiger partial charge on any atom is 0.154 e. The van der Waals surface area contributed by atoms with Crippen LogP contribution in [0.25, 0.3) is 0 Å². The number of benzene rings is 1. The Morgan fingerprint density at radius 2 is 2.05 bits per heavy atom. The van der Waals surface area contributed by atoms with Crippen LogP contribution >= 0.6 is 0 Å². The topological polar surface area (TPSA) is 78.6 Å². The van der Waals surface area contributed by atoms with Gasteiger partial charge in [-0.05, 0) is 38.0 Å². The average molecular weight is 315 g/mol. The number of methoxy groups -OCH3 is 1. The highest BCUT2D eigenvalue weighted by atomic mass is 32.2. The van der Waals surface area contributed by atoms with Crippen molar-refractivity contribution in [3.05, 3.63) is 29.3 Å². The smallest absolute Gasteiger partial charge is 0.154 e. The minimum absolute atomic E-state index is 0.0351. The van der Waals surface area contributed by atoms with Crippen molar-refractivity contribution in [1.29, 1.82) is 0 Å². The van der Waals surface area contributed by atoms with E-state index in [9.17, 15) is 8.42 Å². The Hall–Kier alpha value is -1.11. The van der Waals surface area contributed by atoms with Gasteiger partial charge in [-0.15, -0.1) is 0 Å². The molecule has 0 aliphatic rings. The molecular weight excluding hydrogens is 290 g/mol. The molecule has 0 amide bonds. The summed E-state index contributed by atoms with van der Waals surface area (Å²) in [5, 5.41) is 0. The molecule has 120 valence electrons. The second-order valence-corrected chi connectivity index (χ2v) is 7.21. The van der Waals surface area contributed by atoms with Gasteiger partial charge in [-0.1, -0.05) is 6.07 Å². The van der Waals surface area contributed by atoms with Crippen molar-refractivity contribution in [3.63, 3.8) is 0 Å². The van der Waals surface area contributed by atoms with Gasteiger partial charge in [0.15, 0.2) is 9.84 Å². The molecule has 0 spiro atoms. The molecule has 21 heavy (non-hydrogen) atoms. The van der Waals surface area contributed by atoms with Gasteiger partial charge in [-0.2, -0.15) is 0 Å². The summed E-state index contributed by atoms with van der Waals surface area (Å²) in [6.45, 7) is 4.68. The molecule has 1 aromatic carbocycles. The number of sulfone groups is 1. The molecule has 0 saturated carbocycles. The number of hydrogen-bond acceptors (Lipinski definition) is 5. The van der Waals surface area contributed by atoms with Crippen LogP contribution in [0.2, 0.25) is 0 Å². The van der Waals surface area contributed by atoms with Crippen LogP contribution in [-0.2, 0) is 20.3 Å². The van der Waals surface area contributed by atoms with Gasteiger partial charge in [0.2, 0.25) is 0 Å². The van der Waals surface area contributed by atoms with E-state index in [0.717, 1.165) is 5.56 Å². The van der Waals surface area contributed by atoms with Crippen molar-refractivity contribution in [3.8, 4) is 5.75 Å². The third-order valence-corrected chi connectivity index (χ3v) is 4.75. The van der Waals surface area contributed by atoms with E-state index in [-0.39, 0.29) is 17.5 Å². The normalized spacial score (nSPS) is 13.1. The molecular formula is C15H25NO4S. The van der Waals surface area contributed by atoms with E-state index in [0.29, 0.717) is 30.9 Å². The predicted molar refractivity (Wildman–Crippen MR) is 84.2 cm³/mol. The second-order valence-electron chi connectivity index (χ2n) is 5.03. The van der Waals surface area contributed by atoms with E-state index in [1.165, 1.54) is 0 Å². The molecule has 0 fully saturated rings. The molecule has 0 saturated heterocycles. The number of nitrogens with two attached hydrogens (primary N) is 1. The summed E-state index contributed by atoms with van der Waals surface area (Å²) in [6, 6.07) is 5.35. The quantitative estimate of drug-likeness (QED) is 0.706. The van der Waals surface area contributed by atoms with Crippen LogP contribution in [0.5, 0.6) is 5.75 Å². The number of hydrogen-bond donors (Lipinski definition) is 1. The van der Waals surface area contributed by atoms with Crippen molar-refractivity contribution < 1.29 is 17.9 Å². The summed E-state index contributed by atoms with van der Waals surface area (Å²) in [5.41, 5.74) is 7.44. The summed E-state index contributed by atoms with van der Waals surface area (Å²) in [6.07, 6.45) is 0.496. The van der Waals surface area contributed by atoms with Gasteiger partial charge in [0.05, 0.1) is 18.1 Å². The number of ether oxygens (including phenoxy) is 2. The lowest BCUT2D eigenvalue weighted by atomic mass is 10.1. The maximum absolute atomic E-state index is 12.2. The van der Waals surface area contributed by atoms with E-state index in [2.05, 4.69) is 0 Å². The fourth-order valence-corrected chi connectivity index (χ4v) is 3.43. The van der Waals surface area contributed by atoms with Crippen LogP contribution < -0.4 is 10.5 Å². The Morgan fingerprint density at radius 1 is 1.33 bits per heavy atom. The molecule has 0 heterocycles. The molecule has 0 radical (unpaired) electrons. The zero-order chi connectivity index (χ0) is 15.9. The summed E-state index contributed by atoms with van der Waals surface area (Å²) in [5.74, 6) is 0.679. The van der Waals surface area contributed by atoms with Crippen molar-refractivity contribution >= 4 is 9.84 Å². The zero-order valence-corrected chi connectivity index (χ0v) is 13.8. The van der Waals surface area contributed by atoms with Gasteiger partial charge < -0.3 is 15.2 Å². The van der Waals surface area contributed by atoms with Crippen LogP contribution in [0, 0.1) is 0 Å². The fourth-order valence-electron chi connectivity index (χ4n) is 2.02. The van der Waals surface area contributed by atoms with Gasteiger partial charge in [0.25, 0.3) is 0 Å². The lowest BCUT2D eigenvalue weighted by Gasteiger charge is -2.14. The van der Waals surface area contributed by atoms with E-state index >= 15 is 0 Å². The highest BCUT2D eigenvalue weighted by Gasteiger charge is 2.16. The Balaban J connectivity index is 2.95. The molecule has 1 unspecified atom stereocenters. The molecule has 0 aliphatic heterocycles. The van der Waals surface area contributed by atoms with E-state index < -0.39 is 9.84 Å². The van der Waals surface area contributed by atoms with Crippen molar-refractivity contribution in [2.75, 3.05) is 26.1 Å². The summed E-state index contributed by atoms with van der Waals surface area (Å²) in [7, 11) is -1.63. The Bertz CT molecular complexity index is 541. The third-order valence-electron chi connectivity index (χ3n) is 3.09. The van der Waals surface area contributed by atoms with Crippen molar-refractivity contribution in [2.45, 2.75) is 32.1 Å². The van der Waals surface area contributed by atoms with E-state index in [1.807, 2.05) is 26.0 Å². The third kappa shape index (κ3) is 6.03. The first-order valence-corrected chi connectivity index (χ1v) is 8.92. The van der Waals surface area contributed by atoms with Gasteiger partial charge in [0, 0.05) is 25.3 Å². The largest absolute Gasteiger partial charge is 0.494 e. The molecule has 5 nitrogen and oxygen atoms in total. The zero-order valence-electron chi connectivity index (χ0n) is 13.0. The van der Waals surface area contributed by atoms with Crippen LogP contribution in [-0.4, -0.2) is 34.5 Å². The van der Waals surface area contributed by atoms with Crippen molar-refractivity contribution in [2.24, 2.45) is 5.73 Å². The lowest BCUT2D eigenvalue weighted by Crippen LogP contribution is -2.13. The van der Waals surface area contributed by atoms with Crippen LogP contribution in [0.15, 0.2) is 18.2 Å². The molecule has 6 heteroatoms. The summed E-state index contributed by atoms with van der Waals surface area (Å²) in [4.78, 5) is 0. The van der Waals surface area contributed by atoms with Crippen LogP contribution in [0.1, 0.15) is 37.4 Å². The SMILES string of the molecule is CCOc1ccc(C(C)N)cc1CS(=O)(=O)CCCOC. The van der Waals surface area contributed by atoms with Gasteiger partial charge >= 0.3 is 0 Å². The van der Waals surface area contributed by atoms with Crippen LogP contribution in [0.3, 0.4) is 0 Å². The standard InChI is InChI=1S/C15H25NO4S/c1-4-20-15-7-6-13(12(2)16)10-14(15)11-21(17,18)9-5-8-19-3/h6-7,10,12H,4-5,8-9,11,16H2,1-3H3. The monoisotopic (exact) mass is 315 g/mol. The Morgan fingerprint density at radius 3 is 2.62 bits per heavy atom. The van der Waals surface area contributed by atoms with Gasteiger partial charge in [-0.25, -0.2) is 8.42 Å². The summed E-state index contributed by atoms with van der Waals surface area (Å²) >= 11 is 0. The molecule has 2 N–H and O–H groups in total. The van der Waals surface area contributed by atoms with Gasteiger partial charge in [0.1, 0.15) is 5.75 Å². The van der Waals surface area contributed by atoms with E-state index in [4.69, 9.17) is 15.2 Å². The fraction of sp³-hybridized carbons (Fsp3) is 0.600.